The summed E-state index contributed by atoms with van der Waals surface area (Å²) in [6, 6.07) is 2.16. The van der Waals surface area contributed by atoms with E-state index < -0.39 is 0 Å². The lowest BCUT2D eigenvalue weighted by Gasteiger charge is -2.04. The van der Waals surface area contributed by atoms with Crippen LogP contribution in [-0.2, 0) is 13.6 Å². The lowest BCUT2D eigenvalue weighted by molar-refractivity contribution is 0.572. The zero-order valence-corrected chi connectivity index (χ0v) is 7.86. The Labute approximate surface area is 77.4 Å². The molecule has 1 heterocycles. The summed E-state index contributed by atoms with van der Waals surface area (Å²) in [6.07, 6.45) is 1.71. The fraction of sp³-hybridized carbons (Fsp3) is 0.625. The van der Waals surface area contributed by atoms with E-state index in [1.807, 2.05) is 14.0 Å². The molecule has 13 heavy (non-hydrogen) atoms. The Morgan fingerprint density at radius 3 is 3.08 bits per heavy atom. The average Bonchev–Trinajstić information content (AvgIpc) is 2.52. The maximum absolute atomic E-state index is 8.53. The minimum atomic E-state index is 0.0428. The fourth-order valence-electron chi connectivity index (χ4n) is 0.933. The van der Waals surface area contributed by atoms with Gasteiger partial charge >= 0.3 is 0 Å². The van der Waals surface area contributed by atoms with E-state index in [4.69, 9.17) is 5.26 Å². The Hall–Kier alpha value is -1.41. The first-order chi connectivity index (χ1) is 6.24. The normalized spacial score (nSPS) is 12.4. The summed E-state index contributed by atoms with van der Waals surface area (Å²) in [6.45, 7) is 3.28. The molecule has 0 spiro atoms. The molecule has 1 aromatic heterocycles. The third-order valence-electron chi connectivity index (χ3n) is 1.79. The van der Waals surface area contributed by atoms with Gasteiger partial charge in [-0.2, -0.15) is 5.26 Å². The molecular weight excluding hydrogens is 166 g/mol. The highest BCUT2D eigenvalue weighted by Gasteiger charge is 2.01. The second-order valence-corrected chi connectivity index (χ2v) is 3.01. The van der Waals surface area contributed by atoms with Crippen molar-refractivity contribution in [2.24, 2.45) is 13.0 Å². The molecule has 70 valence electrons. The van der Waals surface area contributed by atoms with Crippen molar-refractivity contribution in [3.63, 3.8) is 0 Å². The molecule has 0 amide bonds. The first-order valence-electron chi connectivity index (χ1n) is 4.18. The van der Waals surface area contributed by atoms with E-state index in [1.165, 1.54) is 0 Å². The summed E-state index contributed by atoms with van der Waals surface area (Å²) in [4.78, 5) is 0. The van der Waals surface area contributed by atoms with Crippen LogP contribution in [0.3, 0.4) is 0 Å². The van der Waals surface area contributed by atoms with Crippen LogP contribution in [0.25, 0.3) is 0 Å². The highest BCUT2D eigenvalue weighted by molar-refractivity contribution is 4.92. The maximum atomic E-state index is 8.53. The SMILES string of the molecule is CC(C#N)CNCc1cnnn1C. The molecular formula is C8H13N5. The second-order valence-electron chi connectivity index (χ2n) is 3.01. The number of nitriles is 1. The van der Waals surface area contributed by atoms with Crippen molar-refractivity contribution < 1.29 is 0 Å². The summed E-state index contributed by atoms with van der Waals surface area (Å²) >= 11 is 0. The zero-order chi connectivity index (χ0) is 9.68. The number of aromatic nitrogens is 3. The zero-order valence-electron chi connectivity index (χ0n) is 7.86. The summed E-state index contributed by atoms with van der Waals surface area (Å²) in [5.74, 6) is 0.0428. The second kappa shape index (κ2) is 4.58. The molecule has 0 aliphatic carbocycles. The van der Waals surface area contributed by atoms with E-state index in [0.29, 0.717) is 13.1 Å². The summed E-state index contributed by atoms with van der Waals surface area (Å²) in [5.41, 5.74) is 1.02. The number of hydrogen-bond acceptors (Lipinski definition) is 4. The van der Waals surface area contributed by atoms with E-state index in [-0.39, 0.29) is 5.92 Å². The van der Waals surface area contributed by atoms with Crippen LogP contribution in [0, 0.1) is 17.2 Å². The summed E-state index contributed by atoms with van der Waals surface area (Å²) < 4.78 is 1.71. The molecule has 1 aromatic rings. The molecule has 5 nitrogen and oxygen atoms in total. The Kier molecular flexibility index (Phi) is 3.41. The van der Waals surface area contributed by atoms with Gasteiger partial charge in [-0.3, -0.25) is 4.68 Å². The molecule has 1 unspecified atom stereocenters. The number of nitrogens with one attached hydrogen (secondary N) is 1. The number of nitrogens with zero attached hydrogens (tertiary/aromatic N) is 4. The molecule has 0 aliphatic heterocycles. The minimum absolute atomic E-state index is 0.0428. The van der Waals surface area contributed by atoms with Gasteiger partial charge in [-0.1, -0.05) is 5.21 Å². The molecule has 0 radical (unpaired) electrons. The van der Waals surface area contributed by atoms with E-state index in [9.17, 15) is 0 Å². The van der Waals surface area contributed by atoms with Crippen molar-refractivity contribution in [1.82, 2.24) is 20.3 Å². The molecule has 0 aliphatic rings. The van der Waals surface area contributed by atoms with Gasteiger partial charge < -0.3 is 5.32 Å². The van der Waals surface area contributed by atoms with Gasteiger partial charge in [0.15, 0.2) is 0 Å². The maximum Gasteiger partial charge on any atom is 0.0738 e. The lowest BCUT2D eigenvalue weighted by atomic mass is 10.2. The van der Waals surface area contributed by atoms with Crippen LogP contribution in [0.4, 0.5) is 0 Å². The van der Waals surface area contributed by atoms with Crippen LogP contribution >= 0.6 is 0 Å². The molecule has 1 atom stereocenters. The molecule has 0 saturated heterocycles. The van der Waals surface area contributed by atoms with Crippen LogP contribution in [-0.4, -0.2) is 21.5 Å². The molecule has 5 heteroatoms. The van der Waals surface area contributed by atoms with E-state index >= 15 is 0 Å². The molecule has 0 aromatic carbocycles. The molecule has 0 saturated carbocycles. The Morgan fingerprint density at radius 2 is 2.54 bits per heavy atom. The van der Waals surface area contributed by atoms with Gasteiger partial charge in [0.05, 0.1) is 23.9 Å². The average molecular weight is 179 g/mol. The van der Waals surface area contributed by atoms with Crippen LogP contribution in [0.5, 0.6) is 0 Å². The van der Waals surface area contributed by atoms with E-state index in [2.05, 4.69) is 21.7 Å². The summed E-state index contributed by atoms with van der Waals surface area (Å²) in [7, 11) is 1.84. The van der Waals surface area contributed by atoms with Gasteiger partial charge in [-0.15, -0.1) is 5.10 Å². The monoisotopic (exact) mass is 179 g/mol. The Morgan fingerprint density at radius 1 is 1.77 bits per heavy atom. The molecule has 1 N–H and O–H groups in total. The fourth-order valence-corrected chi connectivity index (χ4v) is 0.933. The van der Waals surface area contributed by atoms with Crippen LogP contribution in [0.15, 0.2) is 6.20 Å². The quantitative estimate of drug-likeness (QED) is 0.710. The molecule has 0 fully saturated rings. The standard InChI is InChI=1S/C8H13N5/c1-7(3-9)4-10-5-8-6-11-12-13(8)2/h6-7,10H,4-5H2,1-2H3. The van der Waals surface area contributed by atoms with Gasteiger partial charge in [0, 0.05) is 20.1 Å². The number of rotatable bonds is 4. The van der Waals surface area contributed by atoms with Crippen molar-refractivity contribution in [2.75, 3.05) is 6.54 Å². The predicted molar refractivity (Wildman–Crippen MR) is 47.5 cm³/mol. The van der Waals surface area contributed by atoms with Crippen molar-refractivity contribution >= 4 is 0 Å². The van der Waals surface area contributed by atoms with E-state index in [0.717, 1.165) is 5.69 Å². The predicted octanol–water partition coefficient (Wildman–Crippen LogP) is 0.0644. The first kappa shape index (κ1) is 9.68. The van der Waals surface area contributed by atoms with Crippen molar-refractivity contribution in [1.29, 1.82) is 5.26 Å². The van der Waals surface area contributed by atoms with Crippen molar-refractivity contribution in [3.05, 3.63) is 11.9 Å². The largest absolute Gasteiger partial charge is 0.310 e. The van der Waals surface area contributed by atoms with Gasteiger partial charge in [-0.05, 0) is 6.92 Å². The first-order valence-corrected chi connectivity index (χ1v) is 4.18. The van der Waals surface area contributed by atoms with Gasteiger partial charge in [0.2, 0.25) is 0 Å². The molecule has 1 rings (SSSR count). The number of hydrogen-bond donors (Lipinski definition) is 1. The third kappa shape index (κ3) is 2.84. The lowest BCUT2D eigenvalue weighted by Crippen LogP contribution is -2.21. The van der Waals surface area contributed by atoms with Gasteiger partial charge in [0.25, 0.3) is 0 Å². The topological polar surface area (TPSA) is 66.5 Å². The van der Waals surface area contributed by atoms with Gasteiger partial charge in [0.1, 0.15) is 0 Å². The van der Waals surface area contributed by atoms with Gasteiger partial charge in [-0.25, -0.2) is 0 Å². The smallest absolute Gasteiger partial charge is 0.0738 e. The van der Waals surface area contributed by atoms with E-state index in [1.54, 1.807) is 10.9 Å². The van der Waals surface area contributed by atoms with Crippen LogP contribution in [0.2, 0.25) is 0 Å². The minimum Gasteiger partial charge on any atom is -0.310 e. The number of aryl methyl sites for hydroxylation is 1. The highest BCUT2D eigenvalue weighted by atomic mass is 15.4. The van der Waals surface area contributed by atoms with Crippen molar-refractivity contribution in [3.8, 4) is 6.07 Å². The molecule has 0 bridgehead atoms. The van der Waals surface area contributed by atoms with Crippen LogP contribution < -0.4 is 5.32 Å². The Balaban J connectivity index is 2.29. The van der Waals surface area contributed by atoms with Crippen molar-refractivity contribution in [2.45, 2.75) is 13.5 Å². The Bertz CT molecular complexity index is 298. The summed E-state index contributed by atoms with van der Waals surface area (Å²) in [5, 5.41) is 19.2. The third-order valence-corrected chi connectivity index (χ3v) is 1.79. The highest BCUT2D eigenvalue weighted by Crippen LogP contribution is 1.93. The van der Waals surface area contributed by atoms with Crippen LogP contribution in [0.1, 0.15) is 12.6 Å².